The Hall–Kier alpha value is -2.60. The van der Waals surface area contributed by atoms with Crippen LogP contribution in [0.15, 0.2) is 40.7 Å². The summed E-state index contributed by atoms with van der Waals surface area (Å²) < 4.78 is 5.45. The summed E-state index contributed by atoms with van der Waals surface area (Å²) in [5.74, 6) is 0.880. The average molecular weight is 354 g/mol. The zero-order valence-corrected chi connectivity index (χ0v) is 16.3. The highest BCUT2D eigenvalue weighted by molar-refractivity contribution is 6.15. The number of aliphatic imine (C=N–C) groups is 1. The summed E-state index contributed by atoms with van der Waals surface area (Å²) in [5.41, 5.74) is 5.59. The molecule has 1 aromatic carbocycles. The van der Waals surface area contributed by atoms with Crippen LogP contribution in [0.2, 0.25) is 0 Å². The van der Waals surface area contributed by atoms with E-state index in [1.807, 2.05) is 38.9 Å². The first kappa shape index (κ1) is 18.2. The zero-order valence-electron chi connectivity index (χ0n) is 16.3. The van der Waals surface area contributed by atoms with Gasteiger partial charge in [0.05, 0.1) is 18.5 Å². The third-order valence-corrected chi connectivity index (χ3v) is 4.72. The minimum Gasteiger partial charge on any atom is -0.496 e. The molecule has 1 N–H and O–H groups in total. The van der Waals surface area contributed by atoms with Gasteiger partial charge in [-0.15, -0.1) is 0 Å². The first-order valence-corrected chi connectivity index (χ1v) is 8.65. The number of aryl methyl sites for hydroxylation is 2. The number of carbonyl (C=O) groups is 1. The van der Waals surface area contributed by atoms with Gasteiger partial charge in [-0.1, -0.05) is 12.1 Å². The average Bonchev–Trinajstić information content (AvgIpc) is 2.97. The Bertz CT molecular complexity index is 813. The molecule has 3 rings (SSSR count). The molecule has 138 valence electrons. The minimum atomic E-state index is -0.157. The van der Waals surface area contributed by atoms with Gasteiger partial charge < -0.3 is 15.0 Å². The second-order valence-corrected chi connectivity index (χ2v) is 7.02. The third kappa shape index (κ3) is 3.24. The van der Waals surface area contributed by atoms with Gasteiger partial charge in [-0.05, 0) is 50.7 Å². The standard InChI is InChI=1S/C20H26N4O2/c1-12-9-14(10-13(2)18(12)26-6)11-15-17-16(7-8-24(5)19(15)25)21-20(22-17)23(3)4/h7-10,20,22H,11H2,1-6H3. The summed E-state index contributed by atoms with van der Waals surface area (Å²) in [6, 6.07) is 4.17. The van der Waals surface area contributed by atoms with E-state index in [0.717, 1.165) is 39.4 Å². The number of rotatable bonds is 4. The van der Waals surface area contributed by atoms with Crippen molar-refractivity contribution in [3.8, 4) is 5.75 Å². The molecule has 0 radical (unpaired) electrons. The van der Waals surface area contributed by atoms with Crippen molar-refractivity contribution < 1.29 is 9.53 Å². The second-order valence-electron chi connectivity index (χ2n) is 7.02. The quantitative estimate of drug-likeness (QED) is 0.898. The van der Waals surface area contributed by atoms with Crippen LogP contribution >= 0.6 is 0 Å². The molecule has 2 heterocycles. The number of methoxy groups -OCH3 is 1. The summed E-state index contributed by atoms with van der Waals surface area (Å²) in [7, 11) is 7.37. The summed E-state index contributed by atoms with van der Waals surface area (Å²) >= 11 is 0. The molecule has 2 aliphatic heterocycles. The molecule has 0 bridgehead atoms. The van der Waals surface area contributed by atoms with Crippen molar-refractivity contribution in [1.29, 1.82) is 0 Å². The van der Waals surface area contributed by atoms with Gasteiger partial charge in [-0.3, -0.25) is 9.69 Å². The molecule has 0 saturated heterocycles. The lowest BCUT2D eigenvalue weighted by atomic mass is 9.97. The predicted molar refractivity (Wildman–Crippen MR) is 103 cm³/mol. The fraction of sp³-hybridized carbons (Fsp3) is 0.400. The molecule has 0 fully saturated rings. The van der Waals surface area contributed by atoms with Crippen LogP contribution in [0.5, 0.6) is 5.75 Å². The zero-order chi connectivity index (χ0) is 19.0. The third-order valence-electron chi connectivity index (χ3n) is 4.72. The highest BCUT2D eigenvalue weighted by Gasteiger charge is 2.30. The van der Waals surface area contributed by atoms with E-state index in [2.05, 4.69) is 22.4 Å². The van der Waals surface area contributed by atoms with Gasteiger partial charge in [0, 0.05) is 25.2 Å². The summed E-state index contributed by atoms with van der Waals surface area (Å²) in [6.07, 6.45) is 4.05. The molecule has 0 aliphatic carbocycles. The van der Waals surface area contributed by atoms with Gasteiger partial charge in [0.25, 0.3) is 5.91 Å². The molecule has 1 unspecified atom stereocenters. The Kier molecular flexibility index (Phi) is 4.87. The maximum Gasteiger partial charge on any atom is 0.255 e. The number of benzene rings is 1. The van der Waals surface area contributed by atoms with Crippen molar-refractivity contribution in [2.75, 3.05) is 28.3 Å². The van der Waals surface area contributed by atoms with E-state index < -0.39 is 0 Å². The Morgan fingerprint density at radius 1 is 1.27 bits per heavy atom. The van der Waals surface area contributed by atoms with Crippen LogP contribution in [-0.2, 0) is 11.2 Å². The van der Waals surface area contributed by atoms with Gasteiger partial charge in [0.2, 0.25) is 0 Å². The van der Waals surface area contributed by atoms with Gasteiger partial charge in [-0.2, -0.15) is 0 Å². The van der Waals surface area contributed by atoms with Crippen LogP contribution in [0.1, 0.15) is 16.7 Å². The van der Waals surface area contributed by atoms with Gasteiger partial charge in [-0.25, -0.2) is 4.99 Å². The van der Waals surface area contributed by atoms with Gasteiger partial charge >= 0.3 is 0 Å². The van der Waals surface area contributed by atoms with Crippen molar-refractivity contribution in [3.05, 3.63) is 52.4 Å². The molecule has 0 saturated carbocycles. The van der Waals surface area contributed by atoms with Gasteiger partial charge in [0.1, 0.15) is 5.75 Å². The Balaban J connectivity index is 2.03. The Morgan fingerprint density at radius 3 is 2.50 bits per heavy atom. The van der Waals surface area contributed by atoms with Crippen molar-refractivity contribution in [3.63, 3.8) is 0 Å². The number of nitrogens with zero attached hydrogens (tertiary/aromatic N) is 3. The number of hydrogen-bond acceptors (Lipinski definition) is 5. The SMILES string of the molecule is COc1c(C)cc(CC2=C3NC(N(C)C)N=C3C=CN(C)C2=O)cc1C. The highest BCUT2D eigenvalue weighted by atomic mass is 16.5. The maximum atomic E-state index is 12.9. The van der Waals surface area contributed by atoms with Crippen molar-refractivity contribution in [2.45, 2.75) is 26.6 Å². The van der Waals surface area contributed by atoms with Crippen molar-refractivity contribution >= 4 is 11.6 Å². The molecule has 6 heteroatoms. The fourth-order valence-corrected chi connectivity index (χ4v) is 3.45. The Labute approximate surface area is 154 Å². The predicted octanol–water partition coefficient (Wildman–Crippen LogP) is 1.98. The maximum absolute atomic E-state index is 12.9. The fourth-order valence-electron chi connectivity index (χ4n) is 3.45. The summed E-state index contributed by atoms with van der Waals surface area (Å²) in [4.78, 5) is 21.2. The minimum absolute atomic E-state index is 0.0144. The molecule has 0 aromatic heterocycles. The van der Waals surface area contributed by atoms with E-state index in [9.17, 15) is 4.79 Å². The first-order chi connectivity index (χ1) is 12.3. The second kappa shape index (κ2) is 6.96. The summed E-state index contributed by atoms with van der Waals surface area (Å²) in [5, 5.41) is 3.38. The number of nitrogens with one attached hydrogen (secondary N) is 1. The Morgan fingerprint density at radius 2 is 1.92 bits per heavy atom. The smallest absolute Gasteiger partial charge is 0.255 e. The van der Waals surface area contributed by atoms with E-state index >= 15 is 0 Å². The molecular weight excluding hydrogens is 328 g/mol. The number of ether oxygens (including phenoxy) is 1. The monoisotopic (exact) mass is 354 g/mol. The van der Waals surface area contributed by atoms with Crippen LogP contribution < -0.4 is 10.1 Å². The van der Waals surface area contributed by atoms with E-state index in [0.29, 0.717) is 6.42 Å². The normalized spacial score (nSPS) is 19.5. The highest BCUT2D eigenvalue weighted by Crippen LogP contribution is 2.28. The molecular formula is C20H26N4O2. The van der Waals surface area contributed by atoms with E-state index in [1.165, 1.54) is 0 Å². The number of carbonyl (C=O) groups excluding carboxylic acids is 1. The van der Waals surface area contributed by atoms with Crippen LogP contribution in [-0.4, -0.2) is 56.0 Å². The van der Waals surface area contributed by atoms with E-state index in [-0.39, 0.29) is 12.2 Å². The number of amides is 1. The summed E-state index contributed by atoms with van der Waals surface area (Å²) in [6.45, 7) is 4.05. The van der Waals surface area contributed by atoms with Crippen LogP contribution in [0, 0.1) is 13.8 Å². The van der Waals surface area contributed by atoms with Crippen molar-refractivity contribution in [2.24, 2.45) is 4.99 Å². The van der Waals surface area contributed by atoms with E-state index in [1.54, 1.807) is 25.3 Å². The molecule has 1 atom stereocenters. The van der Waals surface area contributed by atoms with Crippen LogP contribution in [0.4, 0.5) is 0 Å². The molecule has 26 heavy (non-hydrogen) atoms. The lowest BCUT2D eigenvalue weighted by molar-refractivity contribution is -0.123. The van der Waals surface area contributed by atoms with Crippen molar-refractivity contribution in [1.82, 2.24) is 15.1 Å². The van der Waals surface area contributed by atoms with Crippen LogP contribution in [0.25, 0.3) is 0 Å². The molecule has 0 spiro atoms. The number of likely N-dealkylation sites (N-methyl/N-ethyl adjacent to an activating group) is 1. The lowest BCUT2D eigenvalue weighted by Gasteiger charge is -2.20. The van der Waals surface area contributed by atoms with E-state index in [4.69, 9.17) is 4.74 Å². The van der Waals surface area contributed by atoms with Gasteiger partial charge in [0.15, 0.2) is 6.29 Å². The number of fused-ring (bicyclic) bond motifs is 1. The topological polar surface area (TPSA) is 57.2 Å². The number of hydrogen-bond donors (Lipinski definition) is 1. The largest absolute Gasteiger partial charge is 0.496 e. The molecule has 6 nitrogen and oxygen atoms in total. The number of allylic oxidation sites excluding steroid dienone is 1. The molecule has 1 amide bonds. The first-order valence-electron chi connectivity index (χ1n) is 8.65. The molecule has 2 aliphatic rings. The lowest BCUT2D eigenvalue weighted by Crippen LogP contribution is -2.37. The van der Waals surface area contributed by atoms with Crippen LogP contribution in [0.3, 0.4) is 0 Å². The molecule has 1 aromatic rings.